The molecule has 156 valence electrons. The number of benzene rings is 1. The summed E-state index contributed by atoms with van der Waals surface area (Å²) in [6.45, 7) is 4.27. The van der Waals surface area contributed by atoms with Crippen LogP contribution in [0.1, 0.15) is 33.6 Å². The summed E-state index contributed by atoms with van der Waals surface area (Å²) in [7, 11) is 1.67. The van der Waals surface area contributed by atoms with Gasteiger partial charge in [-0.2, -0.15) is 8.78 Å². The number of rotatable bonds is 8. The van der Waals surface area contributed by atoms with Crippen molar-refractivity contribution >= 4 is 41.3 Å². The second kappa shape index (κ2) is 12.2. The maximum absolute atomic E-state index is 12.6. The molecule has 0 aliphatic carbocycles. The average molecular weight is 524 g/mol. The van der Waals surface area contributed by atoms with Crippen LogP contribution in [0.2, 0.25) is 0 Å². The number of nitrogens with zero attached hydrogens (tertiary/aromatic N) is 2. The minimum atomic E-state index is -2.85. The van der Waals surface area contributed by atoms with Crippen molar-refractivity contribution in [1.29, 1.82) is 0 Å². The van der Waals surface area contributed by atoms with E-state index in [2.05, 4.69) is 39.2 Å². The molecular weight excluding hydrogens is 497 g/mol. The summed E-state index contributed by atoms with van der Waals surface area (Å²) in [5.74, 6) is 0.771. The standard InChI is InChI=1S/C19H26F2N4OS.HI/c1-5-15-13(3)27-17(25-15)8-9-23-19(22-4)24-11-14-10-12(2)6-7-16(14)26-18(20)21;/h6-7,10,18H,5,8-9,11H2,1-4H3,(H2,22,23,24);1H. The van der Waals surface area contributed by atoms with Crippen LogP contribution in [-0.4, -0.2) is 31.1 Å². The first kappa shape index (κ1) is 24.5. The van der Waals surface area contributed by atoms with Crippen LogP contribution >= 0.6 is 35.3 Å². The van der Waals surface area contributed by atoms with E-state index in [0.717, 1.165) is 29.1 Å². The predicted octanol–water partition coefficient (Wildman–Crippen LogP) is 4.45. The van der Waals surface area contributed by atoms with Gasteiger partial charge in [-0.15, -0.1) is 35.3 Å². The number of aryl methyl sites for hydroxylation is 3. The third-order valence-electron chi connectivity index (χ3n) is 4.01. The van der Waals surface area contributed by atoms with Crippen LogP contribution in [0.15, 0.2) is 23.2 Å². The third kappa shape index (κ3) is 7.50. The average Bonchev–Trinajstić information content (AvgIpc) is 2.99. The van der Waals surface area contributed by atoms with Gasteiger partial charge in [-0.25, -0.2) is 4.98 Å². The highest BCUT2D eigenvalue weighted by molar-refractivity contribution is 14.0. The molecule has 0 saturated carbocycles. The smallest absolute Gasteiger partial charge is 0.387 e. The van der Waals surface area contributed by atoms with Crippen LogP contribution in [0.5, 0.6) is 5.75 Å². The fourth-order valence-corrected chi connectivity index (χ4v) is 3.69. The van der Waals surface area contributed by atoms with Crippen LogP contribution in [0.4, 0.5) is 8.78 Å². The summed E-state index contributed by atoms with van der Waals surface area (Å²) < 4.78 is 29.7. The molecule has 0 spiro atoms. The maximum Gasteiger partial charge on any atom is 0.387 e. The first-order chi connectivity index (χ1) is 12.9. The molecule has 0 fully saturated rings. The van der Waals surface area contributed by atoms with Crippen molar-refractivity contribution in [2.45, 2.75) is 46.8 Å². The molecule has 0 saturated heterocycles. The minimum absolute atomic E-state index is 0. The van der Waals surface area contributed by atoms with Crippen molar-refractivity contribution in [2.75, 3.05) is 13.6 Å². The van der Waals surface area contributed by atoms with Gasteiger partial charge < -0.3 is 15.4 Å². The lowest BCUT2D eigenvalue weighted by molar-refractivity contribution is -0.0504. The number of nitrogens with one attached hydrogen (secondary N) is 2. The number of hydrogen-bond acceptors (Lipinski definition) is 4. The molecule has 2 aromatic rings. The number of hydrogen-bond donors (Lipinski definition) is 2. The van der Waals surface area contributed by atoms with E-state index in [1.165, 1.54) is 4.88 Å². The van der Waals surface area contributed by atoms with E-state index in [-0.39, 0.29) is 29.7 Å². The molecule has 1 heterocycles. The van der Waals surface area contributed by atoms with Crippen molar-refractivity contribution in [2.24, 2.45) is 4.99 Å². The molecule has 0 amide bonds. The zero-order valence-electron chi connectivity index (χ0n) is 16.5. The van der Waals surface area contributed by atoms with Crippen LogP contribution in [-0.2, 0) is 19.4 Å². The van der Waals surface area contributed by atoms with E-state index < -0.39 is 6.61 Å². The minimum Gasteiger partial charge on any atom is -0.434 e. The number of guanidine groups is 1. The van der Waals surface area contributed by atoms with Crippen LogP contribution < -0.4 is 15.4 Å². The van der Waals surface area contributed by atoms with Gasteiger partial charge in [0.05, 0.1) is 10.7 Å². The van der Waals surface area contributed by atoms with E-state index in [0.29, 0.717) is 24.6 Å². The van der Waals surface area contributed by atoms with Crippen molar-refractivity contribution < 1.29 is 13.5 Å². The molecule has 0 unspecified atom stereocenters. The van der Waals surface area contributed by atoms with Gasteiger partial charge in [0.25, 0.3) is 0 Å². The number of thiazole rings is 1. The lowest BCUT2D eigenvalue weighted by atomic mass is 10.1. The van der Waals surface area contributed by atoms with Crippen molar-refractivity contribution in [3.63, 3.8) is 0 Å². The van der Waals surface area contributed by atoms with Crippen molar-refractivity contribution in [3.8, 4) is 5.75 Å². The molecule has 1 aromatic carbocycles. The molecule has 2 N–H and O–H groups in total. The monoisotopic (exact) mass is 524 g/mol. The Morgan fingerprint density at radius 2 is 2.04 bits per heavy atom. The van der Waals surface area contributed by atoms with Crippen LogP contribution in [0.3, 0.4) is 0 Å². The Bertz CT molecular complexity index is 783. The summed E-state index contributed by atoms with van der Waals surface area (Å²) in [4.78, 5) is 10.1. The molecular formula is C19H27F2IN4OS. The van der Waals surface area contributed by atoms with Crippen LogP contribution in [0.25, 0.3) is 0 Å². The lowest BCUT2D eigenvalue weighted by Gasteiger charge is -2.15. The van der Waals surface area contributed by atoms with E-state index in [1.54, 1.807) is 30.5 Å². The van der Waals surface area contributed by atoms with Crippen molar-refractivity contribution in [3.05, 3.63) is 44.9 Å². The third-order valence-corrected chi connectivity index (χ3v) is 5.08. The Kier molecular flexibility index (Phi) is 10.7. The summed E-state index contributed by atoms with van der Waals surface area (Å²) in [5, 5.41) is 7.46. The zero-order valence-corrected chi connectivity index (χ0v) is 19.7. The first-order valence-corrected chi connectivity index (χ1v) is 9.68. The van der Waals surface area contributed by atoms with Gasteiger partial charge >= 0.3 is 6.61 Å². The van der Waals surface area contributed by atoms with Gasteiger partial charge in [-0.3, -0.25) is 4.99 Å². The quantitative estimate of drug-likeness (QED) is 0.305. The van der Waals surface area contributed by atoms with E-state index >= 15 is 0 Å². The fraction of sp³-hybridized carbons (Fsp3) is 0.474. The Morgan fingerprint density at radius 1 is 1.29 bits per heavy atom. The van der Waals surface area contributed by atoms with Gasteiger partial charge in [0.1, 0.15) is 5.75 Å². The first-order valence-electron chi connectivity index (χ1n) is 8.87. The van der Waals surface area contributed by atoms with Gasteiger partial charge in [0, 0.05) is 37.0 Å². The summed E-state index contributed by atoms with van der Waals surface area (Å²) in [6, 6.07) is 5.13. The Hall–Kier alpha value is -1.49. The molecule has 28 heavy (non-hydrogen) atoms. The summed E-state index contributed by atoms with van der Waals surface area (Å²) in [5.41, 5.74) is 2.78. The van der Waals surface area contributed by atoms with Gasteiger partial charge in [-0.05, 0) is 26.3 Å². The number of aliphatic imine (C=N–C) groups is 1. The second-order valence-corrected chi connectivity index (χ2v) is 7.34. The molecule has 1 aromatic heterocycles. The predicted molar refractivity (Wildman–Crippen MR) is 121 cm³/mol. The SMILES string of the molecule is CCc1nc(CCNC(=NC)NCc2cc(C)ccc2OC(F)F)sc1C.I. The Labute approximate surface area is 186 Å². The molecule has 0 aliphatic heterocycles. The fourth-order valence-electron chi connectivity index (χ4n) is 2.67. The summed E-state index contributed by atoms with van der Waals surface area (Å²) in [6.07, 6.45) is 1.74. The molecule has 9 heteroatoms. The van der Waals surface area contributed by atoms with E-state index in [1.807, 2.05) is 13.0 Å². The number of halogens is 3. The van der Waals surface area contributed by atoms with Crippen LogP contribution in [0, 0.1) is 13.8 Å². The number of ether oxygens (including phenoxy) is 1. The normalized spacial score (nSPS) is 11.3. The topological polar surface area (TPSA) is 58.5 Å². The summed E-state index contributed by atoms with van der Waals surface area (Å²) >= 11 is 1.72. The van der Waals surface area contributed by atoms with Gasteiger partial charge in [-0.1, -0.05) is 24.6 Å². The van der Waals surface area contributed by atoms with Crippen molar-refractivity contribution in [1.82, 2.24) is 15.6 Å². The highest BCUT2D eigenvalue weighted by atomic mass is 127. The molecule has 0 aliphatic rings. The molecule has 5 nitrogen and oxygen atoms in total. The zero-order chi connectivity index (χ0) is 19.8. The maximum atomic E-state index is 12.6. The van der Waals surface area contributed by atoms with E-state index in [9.17, 15) is 8.78 Å². The largest absolute Gasteiger partial charge is 0.434 e. The lowest BCUT2D eigenvalue weighted by Crippen LogP contribution is -2.38. The Balaban J connectivity index is 0.00000392. The van der Waals surface area contributed by atoms with E-state index in [4.69, 9.17) is 0 Å². The molecule has 0 radical (unpaired) electrons. The molecule has 2 rings (SSSR count). The highest BCUT2D eigenvalue weighted by Gasteiger charge is 2.11. The molecule has 0 atom stereocenters. The highest BCUT2D eigenvalue weighted by Crippen LogP contribution is 2.22. The second-order valence-electron chi connectivity index (χ2n) is 6.06. The molecule has 0 bridgehead atoms. The number of alkyl halides is 2. The Morgan fingerprint density at radius 3 is 2.64 bits per heavy atom. The van der Waals surface area contributed by atoms with Gasteiger partial charge in [0.15, 0.2) is 5.96 Å². The number of aromatic nitrogens is 1. The van der Waals surface area contributed by atoms with Gasteiger partial charge in [0.2, 0.25) is 0 Å².